The second-order valence-electron chi connectivity index (χ2n) is 3.86. The third kappa shape index (κ3) is 4.00. The Bertz CT molecular complexity index is 473. The molecule has 0 aliphatic rings. The summed E-state index contributed by atoms with van der Waals surface area (Å²) >= 11 is 1.83. The summed E-state index contributed by atoms with van der Waals surface area (Å²) in [5.41, 5.74) is 1.09. The van der Waals surface area contributed by atoms with Gasteiger partial charge >= 0.3 is 0 Å². The van der Waals surface area contributed by atoms with Crippen LogP contribution in [0.25, 0.3) is 0 Å². The fourth-order valence-electron chi connectivity index (χ4n) is 1.59. The van der Waals surface area contributed by atoms with Crippen LogP contribution in [-0.4, -0.2) is 18.6 Å². The molecule has 0 saturated heterocycles. The van der Waals surface area contributed by atoms with Crippen molar-refractivity contribution in [2.75, 3.05) is 23.9 Å². The first-order valence-electron chi connectivity index (χ1n) is 5.94. The van der Waals surface area contributed by atoms with Crippen molar-refractivity contribution in [2.24, 2.45) is 0 Å². The van der Waals surface area contributed by atoms with Gasteiger partial charge in [0.05, 0.1) is 0 Å². The van der Waals surface area contributed by atoms with Crippen molar-refractivity contribution in [1.82, 2.24) is 0 Å². The van der Waals surface area contributed by atoms with Crippen LogP contribution >= 0.6 is 11.8 Å². The van der Waals surface area contributed by atoms with Crippen molar-refractivity contribution < 1.29 is 4.74 Å². The normalized spacial score (nSPS) is 10.1. The molecule has 0 unspecified atom stereocenters. The second kappa shape index (κ2) is 6.97. The molecule has 1 N–H and O–H groups in total. The highest BCUT2D eigenvalue weighted by molar-refractivity contribution is 7.98. The van der Waals surface area contributed by atoms with Gasteiger partial charge in [-0.15, -0.1) is 0 Å². The minimum Gasteiger partial charge on any atom is -0.457 e. The zero-order chi connectivity index (χ0) is 12.6. The van der Waals surface area contributed by atoms with E-state index >= 15 is 0 Å². The van der Waals surface area contributed by atoms with Crippen LogP contribution in [0.2, 0.25) is 0 Å². The average molecular weight is 259 g/mol. The lowest BCUT2D eigenvalue weighted by Crippen LogP contribution is -2.03. The molecule has 0 heterocycles. The summed E-state index contributed by atoms with van der Waals surface area (Å²) in [6.45, 7) is 0.968. The molecule has 0 radical (unpaired) electrons. The predicted octanol–water partition coefficient (Wildman–Crippen LogP) is 4.25. The van der Waals surface area contributed by atoms with Gasteiger partial charge in [0.25, 0.3) is 0 Å². The van der Waals surface area contributed by atoms with Crippen LogP contribution in [0.1, 0.15) is 0 Å². The maximum Gasteiger partial charge on any atom is 0.129 e. The van der Waals surface area contributed by atoms with Gasteiger partial charge < -0.3 is 10.1 Å². The lowest BCUT2D eigenvalue weighted by molar-refractivity contribution is 0.483. The lowest BCUT2D eigenvalue weighted by atomic mass is 10.3. The molecular formula is C15H17NOS. The topological polar surface area (TPSA) is 21.3 Å². The lowest BCUT2D eigenvalue weighted by Gasteiger charge is -2.09. The van der Waals surface area contributed by atoms with E-state index in [9.17, 15) is 0 Å². The maximum absolute atomic E-state index is 5.78. The predicted molar refractivity (Wildman–Crippen MR) is 79.8 cm³/mol. The van der Waals surface area contributed by atoms with E-state index in [1.165, 1.54) is 0 Å². The van der Waals surface area contributed by atoms with Crippen molar-refractivity contribution in [1.29, 1.82) is 0 Å². The van der Waals surface area contributed by atoms with Crippen molar-refractivity contribution in [2.45, 2.75) is 0 Å². The minimum absolute atomic E-state index is 0.857. The van der Waals surface area contributed by atoms with Crippen molar-refractivity contribution in [3.63, 3.8) is 0 Å². The highest BCUT2D eigenvalue weighted by Gasteiger charge is 1.98. The summed E-state index contributed by atoms with van der Waals surface area (Å²) < 4.78 is 5.78. The first-order chi connectivity index (χ1) is 8.88. The minimum atomic E-state index is 0.857. The van der Waals surface area contributed by atoms with E-state index in [2.05, 4.69) is 17.6 Å². The Morgan fingerprint density at radius 3 is 2.56 bits per heavy atom. The van der Waals surface area contributed by atoms with Crippen LogP contribution in [0.5, 0.6) is 11.5 Å². The summed E-state index contributed by atoms with van der Waals surface area (Å²) in [5.74, 6) is 2.82. The molecule has 3 heteroatoms. The van der Waals surface area contributed by atoms with Gasteiger partial charge in [-0.2, -0.15) is 11.8 Å². The first-order valence-corrected chi connectivity index (χ1v) is 7.33. The van der Waals surface area contributed by atoms with Gasteiger partial charge in [0, 0.05) is 24.1 Å². The molecule has 2 aromatic carbocycles. The highest BCUT2D eigenvalue weighted by atomic mass is 32.2. The number of benzene rings is 2. The van der Waals surface area contributed by atoms with E-state index in [0.29, 0.717) is 0 Å². The van der Waals surface area contributed by atoms with E-state index < -0.39 is 0 Å². The van der Waals surface area contributed by atoms with Crippen LogP contribution in [0.4, 0.5) is 5.69 Å². The quantitative estimate of drug-likeness (QED) is 0.783. The average Bonchev–Trinajstić information content (AvgIpc) is 2.41. The Labute approximate surface area is 112 Å². The molecule has 2 aromatic rings. The summed E-state index contributed by atoms with van der Waals surface area (Å²) in [6, 6.07) is 17.9. The summed E-state index contributed by atoms with van der Waals surface area (Å²) in [6.07, 6.45) is 2.11. The molecule has 0 fully saturated rings. The molecule has 94 valence electrons. The van der Waals surface area contributed by atoms with Crippen LogP contribution in [-0.2, 0) is 0 Å². The molecule has 0 saturated carbocycles. The van der Waals surface area contributed by atoms with Gasteiger partial charge in [-0.3, -0.25) is 0 Å². The molecule has 0 amide bonds. The Balaban J connectivity index is 1.99. The Hall–Kier alpha value is -1.61. The van der Waals surface area contributed by atoms with Crippen LogP contribution in [0.3, 0.4) is 0 Å². The van der Waals surface area contributed by atoms with Crippen molar-refractivity contribution in [3.8, 4) is 11.5 Å². The third-order valence-corrected chi connectivity index (χ3v) is 3.06. The molecule has 2 rings (SSSR count). The monoisotopic (exact) mass is 259 g/mol. The number of ether oxygens (including phenoxy) is 1. The van der Waals surface area contributed by atoms with Gasteiger partial charge in [-0.1, -0.05) is 24.3 Å². The number of hydrogen-bond donors (Lipinski definition) is 1. The first kappa shape index (κ1) is 12.8. The Kier molecular flexibility index (Phi) is 4.97. The molecule has 0 atom stereocenters. The van der Waals surface area contributed by atoms with E-state index in [-0.39, 0.29) is 0 Å². The third-order valence-electron chi connectivity index (χ3n) is 2.45. The van der Waals surface area contributed by atoms with Crippen LogP contribution in [0, 0.1) is 0 Å². The second-order valence-corrected chi connectivity index (χ2v) is 4.85. The SMILES string of the molecule is CSCCNc1cccc(Oc2ccccc2)c1. The van der Waals surface area contributed by atoms with E-state index in [4.69, 9.17) is 4.74 Å². The summed E-state index contributed by atoms with van der Waals surface area (Å²) in [4.78, 5) is 0. The highest BCUT2D eigenvalue weighted by Crippen LogP contribution is 2.23. The number of thioether (sulfide) groups is 1. The Morgan fingerprint density at radius 2 is 1.78 bits per heavy atom. The van der Waals surface area contributed by atoms with E-state index in [0.717, 1.165) is 29.5 Å². The van der Waals surface area contributed by atoms with Gasteiger partial charge in [-0.05, 0) is 30.5 Å². The van der Waals surface area contributed by atoms with Gasteiger partial charge in [0.2, 0.25) is 0 Å². The fourth-order valence-corrected chi connectivity index (χ4v) is 1.90. The number of rotatable bonds is 6. The molecule has 0 aliphatic carbocycles. The summed E-state index contributed by atoms with van der Waals surface area (Å²) in [7, 11) is 0. The number of para-hydroxylation sites is 1. The molecule has 0 spiro atoms. The van der Waals surface area contributed by atoms with Crippen molar-refractivity contribution >= 4 is 17.4 Å². The van der Waals surface area contributed by atoms with E-state index in [1.807, 2.05) is 60.3 Å². The molecule has 0 aromatic heterocycles. The van der Waals surface area contributed by atoms with Crippen molar-refractivity contribution in [3.05, 3.63) is 54.6 Å². The largest absolute Gasteiger partial charge is 0.457 e. The van der Waals surface area contributed by atoms with Crippen LogP contribution in [0.15, 0.2) is 54.6 Å². The fraction of sp³-hybridized carbons (Fsp3) is 0.200. The molecule has 0 aliphatic heterocycles. The van der Waals surface area contributed by atoms with Gasteiger partial charge in [0.15, 0.2) is 0 Å². The molecule has 18 heavy (non-hydrogen) atoms. The van der Waals surface area contributed by atoms with E-state index in [1.54, 1.807) is 0 Å². The molecule has 0 bridgehead atoms. The van der Waals surface area contributed by atoms with Gasteiger partial charge in [-0.25, -0.2) is 0 Å². The standard InChI is InChI=1S/C15H17NOS/c1-18-11-10-16-13-6-5-9-15(12-13)17-14-7-3-2-4-8-14/h2-9,12,16H,10-11H2,1H3. The maximum atomic E-state index is 5.78. The number of hydrogen-bond acceptors (Lipinski definition) is 3. The Morgan fingerprint density at radius 1 is 1.00 bits per heavy atom. The molecular weight excluding hydrogens is 242 g/mol. The summed E-state index contributed by atoms with van der Waals surface area (Å²) in [5, 5.41) is 3.37. The number of nitrogens with one attached hydrogen (secondary N) is 1. The molecule has 2 nitrogen and oxygen atoms in total. The number of anilines is 1. The van der Waals surface area contributed by atoms with Crippen LogP contribution < -0.4 is 10.1 Å². The smallest absolute Gasteiger partial charge is 0.129 e. The zero-order valence-corrected chi connectivity index (χ0v) is 11.2. The zero-order valence-electron chi connectivity index (χ0n) is 10.4. The van der Waals surface area contributed by atoms with Gasteiger partial charge in [0.1, 0.15) is 11.5 Å².